The van der Waals surface area contributed by atoms with E-state index in [0.717, 1.165) is 54.2 Å². The van der Waals surface area contributed by atoms with Crippen LogP contribution in [0.25, 0.3) is 17.2 Å². The fourth-order valence-corrected chi connectivity index (χ4v) is 3.99. The molecule has 0 heterocycles. The molecule has 0 aliphatic rings. The van der Waals surface area contributed by atoms with E-state index in [0.29, 0.717) is 0 Å². The van der Waals surface area contributed by atoms with Crippen molar-refractivity contribution < 1.29 is 9.47 Å². The largest absolute Gasteiger partial charge is 0.494 e. The van der Waals surface area contributed by atoms with Crippen molar-refractivity contribution in [2.75, 3.05) is 13.2 Å². The minimum atomic E-state index is 0.757. The van der Waals surface area contributed by atoms with Gasteiger partial charge in [-0.05, 0) is 42.2 Å². The molecule has 0 bridgehead atoms. The lowest BCUT2D eigenvalue weighted by atomic mass is 9.98. The maximum absolute atomic E-state index is 6.24. The Kier molecular flexibility index (Phi) is 13.4. The zero-order valence-corrected chi connectivity index (χ0v) is 20.5. The first kappa shape index (κ1) is 26.0. The molecule has 2 nitrogen and oxygen atoms in total. The molecule has 0 saturated heterocycles. The van der Waals surface area contributed by atoms with Gasteiger partial charge in [-0.15, -0.1) is 0 Å². The average molecular weight is 437 g/mol. The summed E-state index contributed by atoms with van der Waals surface area (Å²) < 4.78 is 12.3. The van der Waals surface area contributed by atoms with Gasteiger partial charge in [0.15, 0.2) is 0 Å². The van der Waals surface area contributed by atoms with Crippen LogP contribution in [0.1, 0.15) is 96.5 Å². The summed E-state index contributed by atoms with van der Waals surface area (Å²) in [5, 5.41) is 0. The zero-order chi connectivity index (χ0) is 22.9. The van der Waals surface area contributed by atoms with E-state index in [2.05, 4.69) is 56.8 Å². The van der Waals surface area contributed by atoms with Gasteiger partial charge in [0.1, 0.15) is 11.5 Å². The number of hydrogen-bond donors (Lipinski definition) is 0. The maximum Gasteiger partial charge on any atom is 0.127 e. The van der Waals surface area contributed by atoms with E-state index in [-0.39, 0.29) is 0 Å². The highest BCUT2D eigenvalue weighted by molar-refractivity contribution is 5.79. The van der Waals surface area contributed by atoms with Crippen LogP contribution in [0.4, 0.5) is 0 Å². The number of hydrogen-bond acceptors (Lipinski definition) is 2. The molecule has 0 saturated carbocycles. The second-order valence-electron chi connectivity index (χ2n) is 8.68. The normalized spacial score (nSPS) is 10.8. The lowest BCUT2D eigenvalue weighted by molar-refractivity contribution is 0.297. The fourth-order valence-electron chi connectivity index (χ4n) is 3.99. The number of ether oxygens (including phenoxy) is 2. The first-order chi connectivity index (χ1) is 15.8. The summed E-state index contributed by atoms with van der Waals surface area (Å²) in [6.07, 6.45) is 17.1. The predicted octanol–water partition coefficient (Wildman–Crippen LogP) is 9.48. The molecule has 32 heavy (non-hydrogen) atoms. The van der Waals surface area contributed by atoms with E-state index in [1.165, 1.54) is 64.2 Å². The smallest absolute Gasteiger partial charge is 0.127 e. The van der Waals surface area contributed by atoms with E-state index in [9.17, 15) is 0 Å². The van der Waals surface area contributed by atoms with Crippen molar-refractivity contribution in [3.05, 3.63) is 54.6 Å². The topological polar surface area (TPSA) is 18.5 Å². The van der Waals surface area contributed by atoms with Crippen molar-refractivity contribution in [2.45, 2.75) is 90.9 Å². The Balaban J connectivity index is 1.99. The van der Waals surface area contributed by atoms with E-state index < -0.39 is 0 Å². The van der Waals surface area contributed by atoms with Gasteiger partial charge in [-0.25, -0.2) is 0 Å². The van der Waals surface area contributed by atoms with E-state index in [1.54, 1.807) is 0 Å². The van der Waals surface area contributed by atoms with E-state index >= 15 is 0 Å². The second kappa shape index (κ2) is 16.4. The van der Waals surface area contributed by atoms with Crippen LogP contribution >= 0.6 is 0 Å². The van der Waals surface area contributed by atoms with Crippen molar-refractivity contribution in [1.82, 2.24) is 0 Å². The molecule has 0 aliphatic carbocycles. The van der Waals surface area contributed by atoms with Crippen LogP contribution in [0.2, 0.25) is 0 Å². The number of rotatable bonds is 18. The van der Waals surface area contributed by atoms with Crippen LogP contribution in [0.5, 0.6) is 11.5 Å². The second-order valence-corrected chi connectivity index (χ2v) is 8.68. The third-order valence-electron chi connectivity index (χ3n) is 5.94. The highest BCUT2D eigenvalue weighted by Crippen LogP contribution is 2.36. The summed E-state index contributed by atoms with van der Waals surface area (Å²) in [4.78, 5) is 0. The third-order valence-corrected chi connectivity index (χ3v) is 5.94. The van der Waals surface area contributed by atoms with Crippen LogP contribution in [0, 0.1) is 0 Å². The molecule has 0 fully saturated rings. The molecule has 0 aliphatic heterocycles. The third kappa shape index (κ3) is 9.51. The first-order valence-corrected chi connectivity index (χ1v) is 12.9. The van der Waals surface area contributed by atoms with Crippen molar-refractivity contribution in [2.24, 2.45) is 0 Å². The zero-order valence-electron chi connectivity index (χ0n) is 20.5. The van der Waals surface area contributed by atoms with E-state index in [4.69, 9.17) is 9.47 Å². The summed E-state index contributed by atoms with van der Waals surface area (Å²) >= 11 is 0. The van der Waals surface area contributed by atoms with Gasteiger partial charge in [0.25, 0.3) is 0 Å². The standard InChI is InChI=1S/C30H44O2/c1-4-7-9-11-13-17-23-31-27-21-22-30(32-24-18-14-12-10-8-5-2)29(25-27)28-20-16-15-19-26(28)6-3/h6,15-16,19-22,25H,3-5,7-14,17-18,23-24H2,1-2H3. The molecule has 2 aromatic carbocycles. The highest BCUT2D eigenvalue weighted by Gasteiger charge is 2.11. The minimum Gasteiger partial charge on any atom is -0.494 e. The van der Waals surface area contributed by atoms with Gasteiger partial charge in [0, 0.05) is 5.56 Å². The summed E-state index contributed by atoms with van der Waals surface area (Å²) in [5.41, 5.74) is 3.35. The van der Waals surface area contributed by atoms with Crippen LogP contribution in [-0.2, 0) is 0 Å². The Hall–Kier alpha value is -2.22. The van der Waals surface area contributed by atoms with Gasteiger partial charge in [-0.3, -0.25) is 0 Å². The molecule has 176 valence electrons. The Labute approximate surface area is 197 Å². The Morgan fingerprint density at radius 1 is 0.656 bits per heavy atom. The molecule has 0 N–H and O–H groups in total. The molecule has 2 aromatic rings. The summed E-state index contributed by atoms with van der Waals surface area (Å²) in [5.74, 6) is 1.85. The first-order valence-electron chi connectivity index (χ1n) is 12.9. The van der Waals surface area contributed by atoms with Gasteiger partial charge >= 0.3 is 0 Å². The Morgan fingerprint density at radius 3 is 1.91 bits per heavy atom. The van der Waals surface area contributed by atoms with Crippen molar-refractivity contribution >= 4 is 6.08 Å². The lowest BCUT2D eigenvalue weighted by Gasteiger charge is -2.16. The maximum atomic E-state index is 6.24. The Bertz CT molecular complexity index is 765. The van der Waals surface area contributed by atoms with Crippen molar-refractivity contribution in [3.8, 4) is 22.6 Å². The minimum absolute atomic E-state index is 0.757. The Morgan fingerprint density at radius 2 is 1.25 bits per heavy atom. The van der Waals surface area contributed by atoms with Crippen LogP contribution in [-0.4, -0.2) is 13.2 Å². The molecule has 0 amide bonds. The van der Waals surface area contributed by atoms with Gasteiger partial charge in [-0.2, -0.15) is 0 Å². The monoisotopic (exact) mass is 436 g/mol. The van der Waals surface area contributed by atoms with Gasteiger partial charge in [0.2, 0.25) is 0 Å². The molecule has 2 rings (SSSR count). The lowest BCUT2D eigenvalue weighted by Crippen LogP contribution is -2.01. The molecular weight excluding hydrogens is 392 g/mol. The summed E-state index contributed by atoms with van der Waals surface area (Å²) in [6.45, 7) is 10.0. The van der Waals surface area contributed by atoms with Gasteiger partial charge in [-0.1, -0.05) is 115 Å². The molecule has 0 radical (unpaired) electrons. The molecule has 0 aromatic heterocycles. The number of unbranched alkanes of at least 4 members (excludes halogenated alkanes) is 10. The summed E-state index contributed by atoms with van der Waals surface area (Å²) in [6, 6.07) is 14.6. The molecule has 0 spiro atoms. The molecule has 2 heteroatoms. The molecule has 0 atom stereocenters. The van der Waals surface area contributed by atoms with Crippen LogP contribution in [0.15, 0.2) is 49.0 Å². The van der Waals surface area contributed by atoms with Gasteiger partial charge in [0.05, 0.1) is 13.2 Å². The number of benzene rings is 2. The molecular formula is C30H44O2. The fraction of sp³-hybridized carbons (Fsp3) is 0.533. The molecule has 0 unspecified atom stereocenters. The van der Waals surface area contributed by atoms with Crippen LogP contribution < -0.4 is 9.47 Å². The van der Waals surface area contributed by atoms with Gasteiger partial charge < -0.3 is 9.47 Å². The van der Waals surface area contributed by atoms with Crippen molar-refractivity contribution in [3.63, 3.8) is 0 Å². The predicted molar refractivity (Wildman–Crippen MR) is 140 cm³/mol. The average Bonchev–Trinajstić information content (AvgIpc) is 2.83. The highest BCUT2D eigenvalue weighted by atomic mass is 16.5. The van der Waals surface area contributed by atoms with Crippen LogP contribution in [0.3, 0.4) is 0 Å². The SMILES string of the molecule is C=Cc1ccccc1-c1cc(OCCCCCCCC)ccc1OCCCCCCCC. The summed E-state index contributed by atoms with van der Waals surface area (Å²) in [7, 11) is 0. The quantitative estimate of drug-likeness (QED) is 0.217. The van der Waals surface area contributed by atoms with Crippen molar-refractivity contribution in [1.29, 1.82) is 0 Å². The van der Waals surface area contributed by atoms with E-state index in [1.807, 2.05) is 12.1 Å².